The van der Waals surface area contributed by atoms with Crippen LogP contribution in [0.5, 0.6) is 0 Å². The Morgan fingerprint density at radius 1 is 1.48 bits per heavy atom. The molecule has 3 heterocycles. The Balaban J connectivity index is 1.71. The third-order valence-corrected chi connectivity index (χ3v) is 4.75. The summed E-state index contributed by atoms with van der Waals surface area (Å²) in [4.78, 5) is 9.29. The number of ether oxygens (including phenoxy) is 2. The standard InChI is InChI=1S/C15H20F3N3O2/c1-10-11(3-19-13(20-10)15(16,17)18)4-21-5-12-6-23-9-14(12,7-21)8-22-2/h3,12H,4-9H2,1-2H3/t12-,14-/m0/s1. The van der Waals surface area contributed by atoms with Crippen LogP contribution in [0.3, 0.4) is 0 Å². The van der Waals surface area contributed by atoms with Gasteiger partial charge in [0.05, 0.1) is 19.8 Å². The minimum Gasteiger partial charge on any atom is -0.384 e. The summed E-state index contributed by atoms with van der Waals surface area (Å²) >= 11 is 0. The molecule has 0 N–H and O–H groups in total. The molecule has 0 unspecified atom stereocenters. The zero-order valence-corrected chi connectivity index (χ0v) is 13.2. The maximum absolute atomic E-state index is 12.6. The highest BCUT2D eigenvalue weighted by Gasteiger charge is 2.50. The molecule has 0 bridgehead atoms. The molecule has 8 heteroatoms. The summed E-state index contributed by atoms with van der Waals surface area (Å²) in [5.41, 5.74) is 1.10. The van der Waals surface area contributed by atoms with E-state index in [0.717, 1.165) is 18.7 Å². The molecular weight excluding hydrogens is 311 g/mol. The molecule has 0 amide bonds. The van der Waals surface area contributed by atoms with Crippen molar-refractivity contribution in [2.75, 3.05) is 40.0 Å². The van der Waals surface area contributed by atoms with Crippen LogP contribution in [0.4, 0.5) is 13.2 Å². The molecule has 2 atom stereocenters. The predicted molar refractivity (Wildman–Crippen MR) is 75.7 cm³/mol. The molecule has 1 aromatic rings. The first kappa shape index (κ1) is 16.6. The molecule has 0 aromatic carbocycles. The van der Waals surface area contributed by atoms with E-state index in [1.165, 1.54) is 6.20 Å². The van der Waals surface area contributed by atoms with E-state index in [2.05, 4.69) is 14.9 Å². The largest absolute Gasteiger partial charge is 0.451 e. The van der Waals surface area contributed by atoms with Gasteiger partial charge in [-0.1, -0.05) is 0 Å². The average Bonchev–Trinajstić information content (AvgIpc) is 2.96. The number of nitrogens with zero attached hydrogens (tertiary/aromatic N) is 3. The second-order valence-corrected chi connectivity index (χ2v) is 6.48. The van der Waals surface area contributed by atoms with Crippen molar-refractivity contribution < 1.29 is 22.6 Å². The zero-order chi connectivity index (χ0) is 16.7. The van der Waals surface area contributed by atoms with Gasteiger partial charge in [-0.3, -0.25) is 4.90 Å². The lowest BCUT2D eigenvalue weighted by Crippen LogP contribution is -2.35. The lowest BCUT2D eigenvalue weighted by atomic mass is 9.82. The van der Waals surface area contributed by atoms with Crippen molar-refractivity contribution in [3.63, 3.8) is 0 Å². The molecule has 0 aliphatic carbocycles. The Morgan fingerprint density at radius 2 is 2.26 bits per heavy atom. The van der Waals surface area contributed by atoms with Crippen molar-refractivity contribution in [1.29, 1.82) is 0 Å². The Morgan fingerprint density at radius 3 is 2.91 bits per heavy atom. The van der Waals surface area contributed by atoms with E-state index in [1.807, 2.05) is 0 Å². The number of methoxy groups -OCH3 is 1. The number of aryl methyl sites for hydroxylation is 1. The van der Waals surface area contributed by atoms with Gasteiger partial charge in [0, 0.05) is 55.5 Å². The van der Waals surface area contributed by atoms with Gasteiger partial charge in [0.1, 0.15) is 0 Å². The highest BCUT2D eigenvalue weighted by atomic mass is 19.4. The van der Waals surface area contributed by atoms with E-state index >= 15 is 0 Å². The molecular formula is C15H20F3N3O2. The summed E-state index contributed by atoms with van der Waals surface area (Å²) in [6, 6.07) is 0. The van der Waals surface area contributed by atoms with Crippen LogP contribution in [0.15, 0.2) is 6.20 Å². The first-order valence-electron chi connectivity index (χ1n) is 7.53. The molecule has 0 radical (unpaired) electrons. The molecule has 2 aliphatic heterocycles. The van der Waals surface area contributed by atoms with Gasteiger partial charge in [-0.2, -0.15) is 13.2 Å². The van der Waals surface area contributed by atoms with Gasteiger partial charge in [0.25, 0.3) is 0 Å². The number of rotatable bonds is 4. The Bertz CT molecular complexity index is 582. The Labute approximate surface area is 132 Å². The maximum Gasteiger partial charge on any atom is 0.451 e. The normalized spacial score (nSPS) is 28.3. The Kier molecular flexibility index (Phi) is 4.33. The van der Waals surface area contributed by atoms with Gasteiger partial charge in [0.15, 0.2) is 0 Å². The summed E-state index contributed by atoms with van der Waals surface area (Å²) in [6.07, 6.45) is -3.22. The minimum atomic E-state index is -4.51. The summed E-state index contributed by atoms with van der Waals surface area (Å²) in [5.74, 6) is -0.681. The third kappa shape index (κ3) is 3.20. The highest BCUT2D eigenvalue weighted by Crippen LogP contribution is 2.42. The van der Waals surface area contributed by atoms with E-state index in [1.54, 1.807) is 14.0 Å². The summed E-state index contributed by atoms with van der Waals surface area (Å²) in [5, 5.41) is 0. The van der Waals surface area contributed by atoms with Crippen molar-refractivity contribution in [3.05, 3.63) is 23.3 Å². The van der Waals surface area contributed by atoms with Crippen LogP contribution in [0.25, 0.3) is 0 Å². The molecule has 23 heavy (non-hydrogen) atoms. The monoisotopic (exact) mass is 331 g/mol. The fraction of sp³-hybridized carbons (Fsp3) is 0.733. The number of aromatic nitrogens is 2. The smallest absolute Gasteiger partial charge is 0.384 e. The average molecular weight is 331 g/mol. The second kappa shape index (κ2) is 5.99. The number of alkyl halides is 3. The number of hydrogen-bond acceptors (Lipinski definition) is 5. The minimum absolute atomic E-state index is 0.00454. The van der Waals surface area contributed by atoms with Crippen molar-refractivity contribution in [3.8, 4) is 0 Å². The molecule has 2 fully saturated rings. The summed E-state index contributed by atoms with van der Waals surface area (Å²) in [7, 11) is 1.68. The topological polar surface area (TPSA) is 47.5 Å². The SMILES string of the molecule is COC[C@@]12COC[C@@H]1CN(Cc1cnc(C(F)(F)F)nc1C)C2. The third-order valence-electron chi connectivity index (χ3n) is 4.75. The molecule has 5 nitrogen and oxygen atoms in total. The van der Waals surface area contributed by atoms with Crippen LogP contribution in [-0.2, 0) is 22.2 Å². The molecule has 0 spiro atoms. The van der Waals surface area contributed by atoms with Crippen LogP contribution < -0.4 is 0 Å². The summed E-state index contributed by atoms with van der Waals surface area (Å²) < 4.78 is 48.8. The highest BCUT2D eigenvalue weighted by molar-refractivity contribution is 5.17. The van der Waals surface area contributed by atoms with Crippen LogP contribution >= 0.6 is 0 Å². The van der Waals surface area contributed by atoms with Gasteiger partial charge >= 0.3 is 6.18 Å². The Hall–Kier alpha value is -1.25. The van der Waals surface area contributed by atoms with Gasteiger partial charge < -0.3 is 9.47 Å². The van der Waals surface area contributed by atoms with Crippen molar-refractivity contribution in [2.24, 2.45) is 11.3 Å². The van der Waals surface area contributed by atoms with Gasteiger partial charge in [0.2, 0.25) is 5.82 Å². The van der Waals surface area contributed by atoms with Crippen LogP contribution in [0.2, 0.25) is 0 Å². The quantitative estimate of drug-likeness (QED) is 0.843. The first-order chi connectivity index (χ1) is 10.8. The summed E-state index contributed by atoms with van der Waals surface area (Å²) in [6.45, 7) is 5.82. The number of hydrogen-bond donors (Lipinski definition) is 0. The fourth-order valence-electron chi connectivity index (χ4n) is 3.58. The fourth-order valence-corrected chi connectivity index (χ4v) is 3.58. The number of likely N-dealkylation sites (tertiary alicyclic amines) is 1. The molecule has 128 valence electrons. The molecule has 0 saturated carbocycles. The van der Waals surface area contributed by atoms with Crippen molar-refractivity contribution in [2.45, 2.75) is 19.6 Å². The van der Waals surface area contributed by atoms with E-state index < -0.39 is 12.0 Å². The maximum atomic E-state index is 12.6. The van der Waals surface area contributed by atoms with E-state index in [-0.39, 0.29) is 5.41 Å². The second-order valence-electron chi connectivity index (χ2n) is 6.48. The predicted octanol–water partition coefficient (Wildman–Crippen LogP) is 1.90. The van der Waals surface area contributed by atoms with Crippen molar-refractivity contribution >= 4 is 0 Å². The molecule has 2 saturated heterocycles. The van der Waals surface area contributed by atoms with Crippen LogP contribution in [0, 0.1) is 18.3 Å². The zero-order valence-electron chi connectivity index (χ0n) is 13.2. The van der Waals surface area contributed by atoms with Crippen LogP contribution in [0.1, 0.15) is 17.1 Å². The van der Waals surface area contributed by atoms with E-state index in [4.69, 9.17) is 9.47 Å². The molecule has 3 rings (SSSR count). The van der Waals surface area contributed by atoms with E-state index in [0.29, 0.717) is 38.0 Å². The van der Waals surface area contributed by atoms with Crippen LogP contribution in [-0.4, -0.2) is 54.9 Å². The number of halogens is 3. The van der Waals surface area contributed by atoms with E-state index in [9.17, 15) is 13.2 Å². The lowest BCUT2D eigenvalue weighted by molar-refractivity contribution is -0.145. The molecule has 2 aliphatic rings. The lowest BCUT2D eigenvalue weighted by Gasteiger charge is -2.26. The molecule has 1 aromatic heterocycles. The first-order valence-corrected chi connectivity index (χ1v) is 7.53. The van der Waals surface area contributed by atoms with Gasteiger partial charge in [-0.15, -0.1) is 0 Å². The van der Waals surface area contributed by atoms with Gasteiger partial charge in [-0.05, 0) is 6.92 Å². The number of fused-ring (bicyclic) bond motifs is 1. The van der Waals surface area contributed by atoms with Gasteiger partial charge in [-0.25, -0.2) is 9.97 Å². The van der Waals surface area contributed by atoms with Crippen molar-refractivity contribution in [1.82, 2.24) is 14.9 Å².